The summed E-state index contributed by atoms with van der Waals surface area (Å²) in [5.74, 6) is -1.83. The van der Waals surface area contributed by atoms with Gasteiger partial charge in [0.2, 0.25) is 16.5 Å². The molecular weight excluding hydrogens is 473 g/mol. The third-order valence-corrected chi connectivity index (χ3v) is 4.95. The molecule has 29 heavy (non-hydrogen) atoms. The van der Waals surface area contributed by atoms with Crippen LogP contribution in [0, 0.1) is 11.3 Å². The van der Waals surface area contributed by atoms with Crippen molar-refractivity contribution in [3.05, 3.63) is 33.4 Å². The summed E-state index contributed by atoms with van der Waals surface area (Å²) in [6.07, 6.45) is -4.84. The third-order valence-electron chi connectivity index (χ3n) is 3.19. The zero-order valence-electron chi connectivity index (χ0n) is 13.7. The first kappa shape index (κ1) is 23.1. The fourth-order valence-electron chi connectivity index (χ4n) is 2.14. The SMILES string of the molecule is CC(=O)Nc1c([S+]([O-])C(F)(F)F)c(C#N)nn1-c1c(Cl)cc(C(F)(F)F)cc1Cl. The molecule has 15 heteroatoms. The number of carbonyl (C=O) groups excluding carboxylic acids is 1. The first-order chi connectivity index (χ1) is 13.2. The lowest BCUT2D eigenvalue weighted by molar-refractivity contribution is -0.137. The molecule has 1 amide bonds. The van der Waals surface area contributed by atoms with Crippen molar-refractivity contribution in [3.63, 3.8) is 0 Å². The number of hydrogen-bond donors (Lipinski definition) is 1. The van der Waals surface area contributed by atoms with Crippen LogP contribution < -0.4 is 5.32 Å². The average Bonchev–Trinajstić information content (AvgIpc) is 2.89. The van der Waals surface area contributed by atoms with E-state index in [0.29, 0.717) is 16.8 Å². The Balaban J connectivity index is 2.86. The first-order valence-electron chi connectivity index (χ1n) is 7.04. The summed E-state index contributed by atoms with van der Waals surface area (Å²) in [5.41, 5.74) is -8.16. The van der Waals surface area contributed by atoms with Crippen LogP contribution in [0.1, 0.15) is 18.2 Å². The number of nitrogens with zero attached hydrogens (tertiary/aromatic N) is 3. The number of halogens is 8. The average molecular weight is 479 g/mol. The molecule has 1 N–H and O–H groups in total. The van der Waals surface area contributed by atoms with E-state index >= 15 is 0 Å². The Hall–Kier alpha value is -2.14. The third kappa shape index (κ3) is 4.72. The Labute approximate surface area is 171 Å². The van der Waals surface area contributed by atoms with Gasteiger partial charge in [-0.25, -0.2) is 4.68 Å². The number of carbonyl (C=O) groups is 1. The minimum atomic E-state index is -5.33. The van der Waals surface area contributed by atoms with Gasteiger partial charge in [0.25, 0.3) is 0 Å². The quantitative estimate of drug-likeness (QED) is 0.512. The number of nitrogens with one attached hydrogen (secondary N) is 1. The van der Waals surface area contributed by atoms with E-state index in [-0.39, 0.29) is 0 Å². The van der Waals surface area contributed by atoms with E-state index in [9.17, 15) is 35.7 Å². The number of alkyl halides is 6. The van der Waals surface area contributed by atoms with Gasteiger partial charge in [-0.05, 0) is 12.1 Å². The summed E-state index contributed by atoms with van der Waals surface area (Å²) in [6, 6.07) is 2.13. The van der Waals surface area contributed by atoms with Crippen LogP contribution in [0.25, 0.3) is 5.69 Å². The molecule has 2 aromatic rings. The number of aromatic nitrogens is 2. The molecule has 0 saturated heterocycles. The van der Waals surface area contributed by atoms with Gasteiger partial charge < -0.3 is 9.87 Å². The smallest absolute Gasteiger partial charge is 0.578 e. The van der Waals surface area contributed by atoms with Crippen LogP contribution in [0.3, 0.4) is 0 Å². The molecule has 0 fully saturated rings. The highest BCUT2D eigenvalue weighted by Gasteiger charge is 2.50. The molecule has 1 aromatic carbocycles. The monoisotopic (exact) mass is 478 g/mol. The lowest BCUT2D eigenvalue weighted by Crippen LogP contribution is -2.25. The number of benzene rings is 1. The Kier molecular flexibility index (Phi) is 6.34. The molecule has 0 radical (unpaired) electrons. The van der Waals surface area contributed by atoms with E-state index in [1.165, 1.54) is 6.07 Å². The summed E-state index contributed by atoms with van der Waals surface area (Å²) < 4.78 is 89.9. The Morgan fingerprint density at radius 1 is 1.24 bits per heavy atom. The molecule has 0 spiro atoms. The topological polar surface area (TPSA) is 93.8 Å². The van der Waals surface area contributed by atoms with Gasteiger partial charge in [-0.2, -0.15) is 18.4 Å². The molecule has 1 heterocycles. The zero-order chi connectivity index (χ0) is 22.3. The van der Waals surface area contributed by atoms with Crippen LogP contribution in [-0.2, 0) is 22.1 Å². The van der Waals surface area contributed by atoms with Crippen LogP contribution >= 0.6 is 23.2 Å². The summed E-state index contributed by atoms with van der Waals surface area (Å²) >= 11 is 7.83. The van der Waals surface area contributed by atoms with Crippen molar-refractivity contribution in [1.82, 2.24) is 9.78 Å². The predicted octanol–water partition coefficient (Wildman–Crippen LogP) is 4.66. The Morgan fingerprint density at radius 2 is 1.76 bits per heavy atom. The molecule has 0 aliphatic rings. The van der Waals surface area contributed by atoms with Gasteiger partial charge in [-0.1, -0.05) is 23.2 Å². The van der Waals surface area contributed by atoms with Gasteiger partial charge in [0.15, 0.2) is 5.82 Å². The molecule has 2 rings (SSSR count). The molecule has 6 nitrogen and oxygen atoms in total. The minimum absolute atomic E-state index is 0.420. The molecule has 0 bridgehead atoms. The van der Waals surface area contributed by atoms with Crippen molar-refractivity contribution in [2.75, 3.05) is 5.32 Å². The highest BCUT2D eigenvalue weighted by Crippen LogP contribution is 2.42. The summed E-state index contributed by atoms with van der Waals surface area (Å²) in [4.78, 5) is 10.2. The maximum Gasteiger partial charge on any atom is 0.578 e. The summed E-state index contributed by atoms with van der Waals surface area (Å²) in [7, 11) is 0. The van der Waals surface area contributed by atoms with Gasteiger partial charge in [0.1, 0.15) is 22.9 Å². The molecule has 0 aliphatic heterocycles. The standard InChI is InChI=1S/C14H6Cl2F6N4O2S/c1-5(27)24-12-11(29(28)14(20,21)22)9(4-23)25-26(12)10-7(15)2-6(3-8(10)16)13(17,18)19/h2-3H,1H3,(H,24,27). The van der Waals surface area contributed by atoms with Crippen LogP contribution in [0.2, 0.25) is 10.0 Å². The van der Waals surface area contributed by atoms with E-state index in [1.54, 1.807) is 0 Å². The molecular formula is C14H6Cl2F6N4O2S. The van der Waals surface area contributed by atoms with Gasteiger partial charge in [0.05, 0.1) is 15.6 Å². The number of amides is 1. The molecule has 0 aliphatic carbocycles. The van der Waals surface area contributed by atoms with Crippen molar-refractivity contribution in [2.24, 2.45) is 0 Å². The second-order valence-corrected chi connectivity index (χ2v) is 7.45. The number of hydrogen-bond acceptors (Lipinski definition) is 4. The molecule has 1 aromatic heterocycles. The van der Waals surface area contributed by atoms with Gasteiger partial charge >= 0.3 is 11.7 Å². The second kappa shape index (κ2) is 7.94. The molecule has 156 valence electrons. The van der Waals surface area contributed by atoms with Gasteiger partial charge in [0, 0.05) is 6.92 Å². The highest BCUT2D eigenvalue weighted by atomic mass is 35.5. The van der Waals surface area contributed by atoms with Crippen LogP contribution in [0.4, 0.5) is 32.2 Å². The van der Waals surface area contributed by atoms with Gasteiger partial charge in [-0.15, -0.1) is 18.3 Å². The van der Waals surface area contributed by atoms with E-state index in [1.807, 2.05) is 5.32 Å². The number of rotatable bonds is 3. The zero-order valence-corrected chi connectivity index (χ0v) is 16.1. The van der Waals surface area contributed by atoms with E-state index in [4.69, 9.17) is 28.5 Å². The number of anilines is 1. The lowest BCUT2D eigenvalue weighted by Gasteiger charge is -2.16. The van der Waals surface area contributed by atoms with Crippen molar-refractivity contribution in [2.45, 2.75) is 23.5 Å². The summed E-state index contributed by atoms with van der Waals surface area (Å²) in [5, 5.41) is 13.1. The largest absolute Gasteiger partial charge is 0.604 e. The van der Waals surface area contributed by atoms with E-state index in [0.717, 1.165) is 6.92 Å². The molecule has 1 atom stereocenters. The molecule has 0 saturated carbocycles. The van der Waals surface area contributed by atoms with Crippen LogP contribution in [-0.4, -0.2) is 25.7 Å². The second-order valence-electron chi connectivity index (χ2n) is 5.23. The normalized spacial score (nSPS) is 13.1. The minimum Gasteiger partial charge on any atom is -0.604 e. The predicted molar refractivity (Wildman–Crippen MR) is 90.1 cm³/mol. The first-order valence-corrected chi connectivity index (χ1v) is 8.95. The van der Waals surface area contributed by atoms with E-state index in [2.05, 4.69) is 5.10 Å². The Bertz CT molecular complexity index is 992. The van der Waals surface area contributed by atoms with Crippen LogP contribution in [0.15, 0.2) is 17.0 Å². The lowest BCUT2D eigenvalue weighted by atomic mass is 10.2. The van der Waals surface area contributed by atoms with Crippen LogP contribution in [0.5, 0.6) is 0 Å². The highest BCUT2D eigenvalue weighted by molar-refractivity contribution is 7.92. The number of nitriles is 1. The maximum absolute atomic E-state index is 13.0. The Morgan fingerprint density at radius 3 is 2.14 bits per heavy atom. The van der Waals surface area contributed by atoms with Gasteiger partial charge in [-0.3, -0.25) is 4.79 Å². The van der Waals surface area contributed by atoms with Crippen molar-refractivity contribution in [3.8, 4) is 11.8 Å². The fourth-order valence-corrected chi connectivity index (χ4v) is 3.59. The fraction of sp³-hybridized carbons (Fsp3) is 0.214. The summed E-state index contributed by atoms with van der Waals surface area (Å²) in [6.45, 7) is 0.889. The van der Waals surface area contributed by atoms with Crippen molar-refractivity contribution >= 4 is 46.1 Å². The van der Waals surface area contributed by atoms with E-state index < -0.39 is 66.5 Å². The maximum atomic E-state index is 13.0. The molecule has 1 unspecified atom stereocenters. The van der Waals surface area contributed by atoms with Crippen molar-refractivity contribution < 1.29 is 35.7 Å². The van der Waals surface area contributed by atoms with Crippen molar-refractivity contribution in [1.29, 1.82) is 5.26 Å².